The number of nitrogens with zero attached hydrogens (tertiary/aromatic N) is 1. The van der Waals surface area contributed by atoms with Gasteiger partial charge in [0.25, 0.3) is 5.91 Å². The standard InChI is InChI=1S/C20H14N2O4S/c23-19-15-6-1-2-7-17(15)27(25,26)18-11-13(8-9-16(18)19)20(24)22-12-14-5-3-4-10-21-14/h1-11H,12H2,(H,22,24). The summed E-state index contributed by atoms with van der Waals surface area (Å²) in [5.41, 5.74) is 1.08. The molecular weight excluding hydrogens is 364 g/mol. The van der Waals surface area contributed by atoms with Crippen molar-refractivity contribution in [3.63, 3.8) is 0 Å². The first-order valence-electron chi connectivity index (χ1n) is 8.19. The van der Waals surface area contributed by atoms with Crippen LogP contribution in [-0.2, 0) is 16.4 Å². The molecule has 0 aliphatic carbocycles. The van der Waals surface area contributed by atoms with Gasteiger partial charge >= 0.3 is 0 Å². The Morgan fingerprint density at radius 2 is 1.67 bits per heavy atom. The summed E-state index contributed by atoms with van der Waals surface area (Å²) in [6, 6.07) is 15.5. The fourth-order valence-corrected chi connectivity index (χ4v) is 4.68. The SMILES string of the molecule is O=C(NCc1ccccn1)c1ccc2c(c1)S(=O)(=O)c1ccccc1C2=O. The summed E-state index contributed by atoms with van der Waals surface area (Å²) in [5, 5.41) is 2.70. The van der Waals surface area contributed by atoms with Crippen molar-refractivity contribution < 1.29 is 18.0 Å². The van der Waals surface area contributed by atoms with E-state index in [2.05, 4.69) is 10.3 Å². The number of hydrogen-bond acceptors (Lipinski definition) is 5. The van der Waals surface area contributed by atoms with E-state index < -0.39 is 15.7 Å². The van der Waals surface area contributed by atoms with Crippen LogP contribution in [0.4, 0.5) is 0 Å². The minimum absolute atomic E-state index is 0.0338. The maximum Gasteiger partial charge on any atom is 0.251 e. The smallest absolute Gasteiger partial charge is 0.251 e. The molecule has 7 heteroatoms. The Morgan fingerprint density at radius 3 is 2.44 bits per heavy atom. The molecule has 0 fully saturated rings. The second-order valence-electron chi connectivity index (χ2n) is 6.04. The van der Waals surface area contributed by atoms with E-state index in [1.807, 2.05) is 6.07 Å². The Bertz CT molecular complexity index is 1170. The first kappa shape index (κ1) is 17.1. The lowest BCUT2D eigenvalue weighted by atomic mass is 10.0. The normalized spacial score (nSPS) is 14.1. The minimum Gasteiger partial charge on any atom is -0.346 e. The zero-order valence-corrected chi connectivity index (χ0v) is 14.9. The van der Waals surface area contributed by atoms with Gasteiger partial charge in [0.2, 0.25) is 9.84 Å². The van der Waals surface area contributed by atoms with Crippen LogP contribution in [0.15, 0.2) is 76.7 Å². The van der Waals surface area contributed by atoms with Crippen LogP contribution in [0.1, 0.15) is 32.0 Å². The Hall–Kier alpha value is -3.32. The highest BCUT2D eigenvalue weighted by Gasteiger charge is 2.34. The molecule has 1 aliphatic rings. The van der Waals surface area contributed by atoms with Gasteiger partial charge in [-0.2, -0.15) is 0 Å². The first-order valence-corrected chi connectivity index (χ1v) is 9.68. The van der Waals surface area contributed by atoms with E-state index in [0.29, 0.717) is 5.69 Å². The molecule has 0 saturated heterocycles. The minimum atomic E-state index is -3.87. The van der Waals surface area contributed by atoms with E-state index in [1.54, 1.807) is 30.5 Å². The monoisotopic (exact) mass is 378 g/mol. The third-order valence-corrected chi connectivity index (χ3v) is 6.21. The number of sulfone groups is 1. The van der Waals surface area contributed by atoms with Gasteiger partial charge in [0.1, 0.15) is 0 Å². The topological polar surface area (TPSA) is 93.2 Å². The maximum absolute atomic E-state index is 12.9. The van der Waals surface area contributed by atoms with Crippen molar-refractivity contribution in [3.05, 3.63) is 89.2 Å². The quantitative estimate of drug-likeness (QED) is 0.591. The summed E-state index contributed by atoms with van der Waals surface area (Å²) in [4.78, 5) is 29.0. The number of nitrogens with one attached hydrogen (secondary N) is 1. The Morgan fingerprint density at radius 1 is 0.926 bits per heavy atom. The van der Waals surface area contributed by atoms with E-state index in [4.69, 9.17) is 0 Å². The number of fused-ring (bicyclic) bond motifs is 2. The third kappa shape index (κ3) is 2.92. The highest BCUT2D eigenvalue weighted by Crippen LogP contribution is 2.34. The van der Waals surface area contributed by atoms with Crippen molar-refractivity contribution in [2.45, 2.75) is 16.3 Å². The average molecular weight is 378 g/mol. The van der Waals surface area contributed by atoms with E-state index in [0.717, 1.165) is 0 Å². The predicted molar refractivity (Wildman–Crippen MR) is 97.2 cm³/mol. The average Bonchev–Trinajstić information content (AvgIpc) is 2.71. The van der Waals surface area contributed by atoms with E-state index in [9.17, 15) is 18.0 Å². The molecule has 3 aromatic rings. The van der Waals surface area contributed by atoms with Crippen molar-refractivity contribution in [1.82, 2.24) is 10.3 Å². The fraction of sp³-hybridized carbons (Fsp3) is 0.0500. The molecule has 0 atom stereocenters. The summed E-state index contributed by atoms with van der Waals surface area (Å²) in [6.07, 6.45) is 1.62. The van der Waals surface area contributed by atoms with Crippen LogP contribution in [0.5, 0.6) is 0 Å². The van der Waals surface area contributed by atoms with E-state index in [1.165, 1.54) is 30.3 Å². The Labute approximate surface area is 155 Å². The predicted octanol–water partition coefficient (Wildman–Crippen LogP) is 2.39. The number of amides is 1. The maximum atomic E-state index is 12.9. The van der Waals surface area contributed by atoms with Crippen LogP contribution in [0.2, 0.25) is 0 Å². The van der Waals surface area contributed by atoms with E-state index >= 15 is 0 Å². The van der Waals surface area contributed by atoms with Gasteiger partial charge in [-0.15, -0.1) is 0 Å². The van der Waals surface area contributed by atoms with Crippen LogP contribution < -0.4 is 5.32 Å². The van der Waals surface area contributed by atoms with Crippen LogP contribution in [0, 0.1) is 0 Å². The second-order valence-corrected chi connectivity index (χ2v) is 7.93. The molecule has 2 heterocycles. The van der Waals surface area contributed by atoms with Gasteiger partial charge in [-0.3, -0.25) is 14.6 Å². The summed E-state index contributed by atoms with van der Waals surface area (Å²) < 4.78 is 25.8. The van der Waals surface area contributed by atoms with Gasteiger partial charge in [-0.1, -0.05) is 18.2 Å². The number of benzene rings is 2. The van der Waals surface area contributed by atoms with E-state index in [-0.39, 0.29) is 38.8 Å². The molecule has 134 valence electrons. The van der Waals surface area contributed by atoms with Crippen LogP contribution in [0.25, 0.3) is 0 Å². The third-order valence-electron chi connectivity index (χ3n) is 4.36. The number of aromatic nitrogens is 1. The summed E-state index contributed by atoms with van der Waals surface area (Å²) in [5.74, 6) is -0.805. The van der Waals surface area contributed by atoms with Gasteiger partial charge in [0.05, 0.1) is 22.0 Å². The lowest BCUT2D eigenvalue weighted by Crippen LogP contribution is -2.25. The molecule has 6 nitrogen and oxygen atoms in total. The van der Waals surface area contributed by atoms with Gasteiger partial charge < -0.3 is 5.32 Å². The van der Waals surface area contributed by atoms with Gasteiger partial charge in [0, 0.05) is 22.9 Å². The molecule has 27 heavy (non-hydrogen) atoms. The number of carbonyl (C=O) groups is 2. The molecule has 2 aromatic carbocycles. The molecule has 1 N–H and O–H groups in total. The van der Waals surface area contributed by atoms with Crippen molar-refractivity contribution >= 4 is 21.5 Å². The number of rotatable bonds is 3. The highest BCUT2D eigenvalue weighted by molar-refractivity contribution is 7.91. The Kier molecular flexibility index (Phi) is 4.08. The van der Waals surface area contributed by atoms with Gasteiger partial charge in [0.15, 0.2) is 5.78 Å². The van der Waals surface area contributed by atoms with Crippen molar-refractivity contribution in [1.29, 1.82) is 0 Å². The summed E-state index contributed by atoms with van der Waals surface area (Å²) in [7, 11) is -3.87. The van der Waals surface area contributed by atoms with Crippen molar-refractivity contribution in [3.8, 4) is 0 Å². The number of pyridine rings is 1. The van der Waals surface area contributed by atoms with Crippen molar-refractivity contribution in [2.24, 2.45) is 0 Å². The number of hydrogen-bond donors (Lipinski definition) is 1. The van der Waals surface area contributed by atoms with Crippen molar-refractivity contribution in [2.75, 3.05) is 0 Å². The van der Waals surface area contributed by atoms with Crippen LogP contribution in [0.3, 0.4) is 0 Å². The molecule has 0 saturated carbocycles. The van der Waals surface area contributed by atoms with Crippen LogP contribution >= 0.6 is 0 Å². The first-order chi connectivity index (χ1) is 13.0. The zero-order chi connectivity index (χ0) is 19.0. The second kappa shape index (κ2) is 6.44. The molecule has 1 aliphatic heterocycles. The largest absolute Gasteiger partial charge is 0.346 e. The lowest BCUT2D eigenvalue weighted by Gasteiger charge is -2.19. The van der Waals surface area contributed by atoms with Gasteiger partial charge in [-0.25, -0.2) is 8.42 Å². The molecule has 0 unspecified atom stereocenters. The lowest BCUT2D eigenvalue weighted by molar-refractivity contribution is 0.0948. The number of carbonyl (C=O) groups excluding carboxylic acids is 2. The molecule has 1 aromatic heterocycles. The fourth-order valence-electron chi connectivity index (χ4n) is 3.00. The molecule has 0 spiro atoms. The summed E-state index contributed by atoms with van der Waals surface area (Å²) >= 11 is 0. The zero-order valence-electron chi connectivity index (χ0n) is 14.0. The van der Waals surface area contributed by atoms with Gasteiger partial charge in [-0.05, 0) is 42.5 Å². The molecular formula is C20H14N2O4S. The Balaban J connectivity index is 1.68. The highest BCUT2D eigenvalue weighted by atomic mass is 32.2. The molecule has 0 bridgehead atoms. The number of ketones is 1. The summed E-state index contributed by atoms with van der Waals surface area (Å²) in [6.45, 7) is 0.214. The molecule has 1 amide bonds. The molecule has 4 rings (SSSR count). The van der Waals surface area contributed by atoms with Crippen LogP contribution in [-0.4, -0.2) is 25.1 Å². The molecule has 0 radical (unpaired) electrons.